The number of halogens is 2. The summed E-state index contributed by atoms with van der Waals surface area (Å²) in [5, 5.41) is 0.155. The standard InChI is InChI=1S/C12H15ClFNO/c13-11-2-1-8(5-12(11)14)10(6-15)9-3-4-16-7-9/h1-2,5,9-10H,3-4,6-7,15H2. The van der Waals surface area contributed by atoms with Gasteiger partial charge in [0.1, 0.15) is 5.82 Å². The number of nitrogens with two attached hydrogens (primary N) is 1. The van der Waals surface area contributed by atoms with Crippen LogP contribution in [0.15, 0.2) is 18.2 Å². The summed E-state index contributed by atoms with van der Waals surface area (Å²) in [5.41, 5.74) is 6.68. The van der Waals surface area contributed by atoms with Crippen molar-refractivity contribution in [2.75, 3.05) is 19.8 Å². The fourth-order valence-electron chi connectivity index (χ4n) is 2.21. The minimum absolute atomic E-state index is 0.155. The number of hydrogen-bond donors (Lipinski definition) is 1. The lowest BCUT2D eigenvalue weighted by molar-refractivity contribution is 0.181. The van der Waals surface area contributed by atoms with Gasteiger partial charge in [0.25, 0.3) is 0 Å². The molecule has 4 heteroatoms. The smallest absolute Gasteiger partial charge is 0.142 e. The molecule has 0 aromatic heterocycles. The van der Waals surface area contributed by atoms with Crippen molar-refractivity contribution in [3.8, 4) is 0 Å². The fourth-order valence-corrected chi connectivity index (χ4v) is 2.33. The Morgan fingerprint density at radius 2 is 2.38 bits per heavy atom. The highest BCUT2D eigenvalue weighted by atomic mass is 35.5. The zero-order valence-electron chi connectivity index (χ0n) is 8.96. The molecule has 0 bridgehead atoms. The lowest BCUT2D eigenvalue weighted by atomic mass is 9.85. The van der Waals surface area contributed by atoms with Gasteiger partial charge in [-0.2, -0.15) is 0 Å². The van der Waals surface area contributed by atoms with E-state index in [0.717, 1.165) is 18.6 Å². The van der Waals surface area contributed by atoms with Gasteiger partial charge in [-0.05, 0) is 36.6 Å². The molecule has 1 fully saturated rings. The summed E-state index contributed by atoms with van der Waals surface area (Å²) in [6.45, 7) is 2.00. The normalized spacial score (nSPS) is 22.3. The van der Waals surface area contributed by atoms with Crippen LogP contribution >= 0.6 is 11.6 Å². The monoisotopic (exact) mass is 243 g/mol. The molecule has 1 aliphatic rings. The van der Waals surface area contributed by atoms with Crippen LogP contribution in [0.2, 0.25) is 5.02 Å². The van der Waals surface area contributed by atoms with Crippen molar-refractivity contribution in [3.05, 3.63) is 34.6 Å². The van der Waals surface area contributed by atoms with E-state index in [4.69, 9.17) is 22.1 Å². The summed E-state index contributed by atoms with van der Waals surface area (Å²) in [5.74, 6) is 0.177. The summed E-state index contributed by atoms with van der Waals surface area (Å²) in [4.78, 5) is 0. The van der Waals surface area contributed by atoms with Crippen LogP contribution in [0.1, 0.15) is 17.9 Å². The molecule has 0 radical (unpaired) electrons. The minimum atomic E-state index is -0.378. The van der Waals surface area contributed by atoms with Crippen molar-refractivity contribution in [3.63, 3.8) is 0 Å². The molecule has 2 atom stereocenters. The number of benzene rings is 1. The van der Waals surface area contributed by atoms with Gasteiger partial charge in [-0.3, -0.25) is 0 Å². The highest BCUT2D eigenvalue weighted by Crippen LogP contribution is 2.31. The van der Waals surface area contributed by atoms with E-state index in [0.29, 0.717) is 19.1 Å². The van der Waals surface area contributed by atoms with E-state index in [1.807, 2.05) is 6.07 Å². The maximum Gasteiger partial charge on any atom is 0.142 e. The largest absolute Gasteiger partial charge is 0.381 e. The predicted octanol–water partition coefficient (Wildman–Crippen LogP) is 2.56. The molecule has 0 aliphatic carbocycles. The van der Waals surface area contributed by atoms with Crippen LogP contribution in [0.5, 0.6) is 0 Å². The molecule has 2 nitrogen and oxygen atoms in total. The Labute approximate surface area is 99.5 Å². The molecule has 1 heterocycles. The average Bonchev–Trinajstić information content (AvgIpc) is 2.78. The Kier molecular flexibility index (Phi) is 3.79. The summed E-state index contributed by atoms with van der Waals surface area (Å²) in [6.07, 6.45) is 0.992. The van der Waals surface area contributed by atoms with Crippen LogP contribution in [0.4, 0.5) is 4.39 Å². The zero-order valence-corrected chi connectivity index (χ0v) is 9.71. The van der Waals surface area contributed by atoms with Crippen LogP contribution in [0.25, 0.3) is 0 Å². The van der Waals surface area contributed by atoms with Gasteiger partial charge in [0.15, 0.2) is 0 Å². The quantitative estimate of drug-likeness (QED) is 0.886. The van der Waals surface area contributed by atoms with Crippen molar-refractivity contribution < 1.29 is 9.13 Å². The van der Waals surface area contributed by atoms with E-state index < -0.39 is 0 Å². The van der Waals surface area contributed by atoms with Gasteiger partial charge in [-0.15, -0.1) is 0 Å². The highest BCUT2D eigenvalue weighted by Gasteiger charge is 2.26. The molecule has 2 rings (SSSR count). The Bertz CT molecular complexity index is 366. The molecule has 1 aromatic rings. The van der Waals surface area contributed by atoms with Gasteiger partial charge in [0, 0.05) is 12.5 Å². The summed E-state index contributed by atoms with van der Waals surface area (Å²) >= 11 is 5.66. The first-order valence-electron chi connectivity index (χ1n) is 5.45. The molecule has 0 amide bonds. The van der Waals surface area contributed by atoms with E-state index in [-0.39, 0.29) is 16.8 Å². The molecule has 88 valence electrons. The molecular formula is C12H15ClFNO. The molecule has 16 heavy (non-hydrogen) atoms. The Hall–Kier alpha value is -0.640. The van der Waals surface area contributed by atoms with Crippen molar-refractivity contribution in [2.24, 2.45) is 11.7 Å². The van der Waals surface area contributed by atoms with E-state index >= 15 is 0 Å². The lowest BCUT2D eigenvalue weighted by Gasteiger charge is -2.21. The van der Waals surface area contributed by atoms with Crippen molar-refractivity contribution in [1.29, 1.82) is 0 Å². The third-order valence-corrected chi connectivity index (χ3v) is 3.47. The molecule has 1 aromatic carbocycles. The van der Waals surface area contributed by atoms with Crippen LogP contribution in [0, 0.1) is 11.7 Å². The van der Waals surface area contributed by atoms with Crippen LogP contribution in [-0.4, -0.2) is 19.8 Å². The summed E-state index contributed by atoms with van der Waals surface area (Å²) in [6, 6.07) is 4.92. The first kappa shape index (κ1) is 11.8. The minimum Gasteiger partial charge on any atom is -0.381 e. The molecular weight excluding hydrogens is 229 g/mol. The molecule has 1 aliphatic heterocycles. The first-order valence-corrected chi connectivity index (χ1v) is 5.83. The first-order chi connectivity index (χ1) is 7.72. The average molecular weight is 244 g/mol. The Morgan fingerprint density at radius 1 is 1.56 bits per heavy atom. The van der Waals surface area contributed by atoms with Crippen LogP contribution < -0.4 is 5.73 Å². The third kappa shape index (κ3) is 2.37. The summed E-state index contributed by atoms with van der Waals surface area (Å²) < 4.78 is 18.7. The topological polar surface area (TPSA) is 35.2 Å². The Balaban J connectivity index is 2.22. The maximum atomic E-state index is 13.4. The number of ether oxygens (including phenoxy) is 1. The van der Waals surface area contributed by atoms with Gasteiger partial charge < -0.3 is 10.5 Å². The second-order valence-corrected chi connectivity index (χ2v) is 4.55. The zero-order chi connectivity index (χ0) is 11.5. The van der Waals surface area contributed by atoms with Crippen LogP contribution in [-0.2, 0) is 4.74 Å². The van der Waals surface area contributed by atoms with Gasteiger partial charge >= 0.3 is 0 Å². The molecule has 2 unspecified atom stereocenters. The second kappa shape index (κ2) is 5.13. The molecule has 1 saturated heterocycles. The summed E-state index contributed by atoms with van der Waals surface area (Å²) in [7, 11) is 0. The predicted molar refractivity (Wildman–Crippen MR) is 62.1 cm³/mol. The van der Waals surface area contributed by atoms with Gasteiger partial charge in [0.05, 0.1) is 11.6 Å². The van der Waals surface area contributed by atoms with E-state index in [1.165, 1.54) is 6.07 Å². The van der Waals surface area contributed by atoms with Crippen molar-refractivity contribution >= 4 is 11.6 Å². The fraction of sp³-hybridized carbons (Fsp3) is 0.500. The molecule has 2 N–H and O–H groups in total. The van der Waals surface area contributed by atoms with Crippen molar-refractivity contribution in [2.45, 2.75) is 12.3 Å². The van der Waals surface area contributed by atoms with Gasteiger partial charge in [0.2, 0.25) is 0 Å². The molecule has 0 saturated carbocycles. The van der Waals surface area contributed by atoms with Gasteiger partial charge in [-0.1, -0.05) is 17.7 Å². The maximum absolute atomic E-state index is 13.4. The lowest BCUT2D eigenvalue weighted by Crippen LogP contribution is -2.22. The number of hydrogen-bond acceptors (Lipinski definition) is 2. The van der Waals surface area contributed by atoms with E-state index in [9.17, 15) is 4.39 Å². The SMILES string of the molecule is NCC(c1ccc(Cl)c(F)c1)C1CCOC1. The third-order valence-electron chi connectivity index (χ3n) is 3.16. The van der Waals surface area contributed by atoms with Crippen LogP contribution in [0.3, 0.4) is 0 Å². The highest BCUT2D eigenvalue weighted by molar-refractivity contribution is 6.30. The number of rotatable bonds is 3. The van der Waals surface area contributed by atoms with Crippen molar-refractivity contribution in [1.82, 2.24) is 0 Å². The van der Waals surface area contributed by atoms with Gasteiger partial charge in [-0.25, -0.2) is 4.39 Å². The van der Waals surface area contributed by atoms with E-state index in [1.54, 1.807) is 6.07 Å². The molecule has 0 spiro atoms. The second-order valence-electron chi connectivity index (χ2n) is 4.14. The Morgan fingerprint density at radius 3 is 2.94 bits per heavy atom. The van der Waals surface area contributed by atoms with E-state index in [2.05, 4.69) is 0 Å².